The van der Waals surface area contributed by atoms with Crippen LogP contribution in [0.25, 0.3) is 11.1 Å². The lowest BCUT2D eigenvalue weighted by Gasteiger charge is -2.20. The highest BCUT2D eigenvalue weighted by Gasteiger charge is 2.67. The van der Waals surface area contributed by atoms with Crippen LogP contribution in [0.4, 0.5) is 0 Å². The molecule has 29 heavy (non-hydrogen) atoms. The lowest BCUT2D eigenvalue weighted by molar-refractivity contribution is -0.147. The van der Waals surface area contributed by atoms with E-state index in [1.165, 1.54) is 0 Å². The molecule has 0 saturated heterocycles. The van der Waals surface area contributed by atoms with E-state index in [0.29, 0.717) is 0 Å². The first-order chi connectivity index (χ1) is 13.5. The Morgan fingerprint density at radius 3 is 2.38 bits per heavy atom. The number of ether oxygens (including phenoxy) is 1. The molecule has 0 radical (unpaired) electrons. The fraction of sp³-hybridized carbons (Fsp3) is 0.435. The molecule has 0 amide bonds. The van der Waals surface area contributed by atoms with Crippen LogP contribution < -0.4 is 0 Å². The van der Waals surface area contributed by atoms with Crippen LogP contribution in [0.5, 0.6) is 0 Å². The van der Waals surface area contributed by atoms with Gasteiger partial charge in [0, 0.05) is 0 Å². The van der Waals surface area contributed by atoms with E-state index in [1.54, 1.807) is 0 Å². The summed E-state index contributed by atoms with van der Waals surface area (Å²) < 4.78 is 4.63. The molecule has 2 aromatic carbocycles. The van der Waals surface area contributed by atoms with E-state index in [4.69, 9.17) is 27.9 Å². The number of aryl methyl sites for hydroxylation is 1. The van der Waals surface area contributed by atoms with Gasteiger partial charge in [-0.2, -0.15) is 0 Å². The Labute approximate surface area is 199 Å². The quantitative estimate of drug-likeness (QED) is 0.268. The summed E-state index contributed by atoms with van der Waals surface area (Å²) in [5.41, 5.74) is 5.37. The van der Waals surface area contributed by atoms with Gasteiger partial charge in [-0.3, -0.25) is 4.79 Å². The summed E-state index contributed by atoms with van der Waals surface area (Å²) in [6, 6.07) is 14.4. The normalized spacial score (nSPS) is 21.5. The summed E-state index contributed by atoms with van der Waals surface area (Å²) in [5.74, 6) is -0.472. The molecular formula is C23H24Br2Cl2O2. The average Bonchev–Trinajstić information content (AvgIpc) is 3.22. The molecule has 0 spiro atoms. The highest BCUT2D eigenvalue weighted by atomic mass is 79.9. The zero-order valence-corrected chi connectivity index (χ0v) is 21.5. The van der Waals surface area contributed by atoms with Crippen molar-refractivity contribution in [2.45, 2.75) is 42.4 Å². The highest BCUT2D eigenvalue weighted by Crippen LogP contribution is 2.65. The van der Waals surface area contributed by atoms with Gasteiger partial charge < -0.3 is 4.74 Å². The van der Waals surface area contributed by atoms with Crippen molar-refractivity contribution in [2.24, 2.45) is 17.3 Å². The Hall–Kier alpha value is -0.550. The van der Waals surface area contributed by atoms with E-state index >= 15 is 0 Å². The van der Waals surface area contributed by atoms with E-state index in [2.05, 4.69) is 63.0 Å². The summed E-state index contributed by atoms with van der Waals surface area (Å²) in [7, 11) is 0. The van der Waals surface area contributed by atoms with Gasteiger partial charge in [0.05, 0.1) is 10.7 Å². The number of hydrogen-bond donors (Lipinski definition) is 0. The molecule has 3 rings (SSSR count). The van der Waals surface area contributed by atoms with Gasteiger partial charge in [-0.05, 0) is 68.9 Å². The summed E-state index contributed by atoms with van der Waals surface area (Å²) in [5, 5.41) is 0. The summed E-state index contributed by atoms with van der Waals surface area (Å²) in [6.07, 6.45) is 0. The smallest absolute Gasteiger partial charge is 0.310 e. The highest BCUT2D eigenvalue weighted by molar-refractivity contribution is 9.13. The maximum atomic E-state index is 12.9. The molecular weight excluding hydrogens is 539 g/mol. The topological polar surface area (TPSA) is 26.3 Å². The first-order valence-electron chi connectivity index (χ1n) is 9.48. The lowest BCUT2D eigenvalue weighted by atomic mass is 9.94. The van der Waals surface area contributed by atoms with Gasteiger partial charge in [0.25, 0.3) is 0 Å². The van der Waals surface area contributed by atoms with Crippen LogP contribution >= 0.6 is 55.1 Å². The third-order valence-electron chi connectivity index (χ3n) is 6.07. The molecule has 0 N–H and O–H groups in total. The van der Waals surface area contributed by atoms with Crippen LogP contribution in [0.3, 0.4) is 0 Å². The van der Waals surface area contributed by atoms with Gasteiger partial charge in [0.15, 0.2) is 3.24 Å². The predicted octanol–water partition coefficient (Wildman–Crippen LogP) is 7.58. The number of carbonyl (C=O) groups excluding carboxylic acids is 1. The monoisotopic (exact) mass is 560 g/mol. The van der Waals surface area contributed by atoms with Crippen molar-refractivity contribution >= 4 is 61.0 Å². The van der Waals surface area contributed by atoms with Gasteiger partial charge in [0.2, 0.25) is 0 Å². The summed E-state index contributed by atoms with van der Waals surface area (Å²) in [6.45, 7) is 8.46. The third-order valence-corrected chi connectivity index (χ3v) is 9.43. The maximum absolute atomic E-state index is 12.9. The number of rotatable bonds is 6. The van der Waals surface area contributed by atoms with E-state index < -0.39 is 3.24 Å². The second-order valence-corrected chi connectivity index (χ2v) is 12.8. The first-order valence-corrected chi connectivity index (χ1v) is 11.9. The van der Waals surface area contributed by atoms with Crippen LogP contribution in [-0.4, -0.2) is 14.0 Å². The molecule has 6 heteroatoms. The van der Waals surface area contributed by atoms with Crippen molar-refractivity contribution in [1.29, 1.82) is 0 Å². The van der Waals surface area contributed by atoms with Gasteiger partial charge in [-0.1, -0.05) is 95.4 Å². The van der Waals surface area contributed by atoms with E-state index in [0.717, 1.165) is 27.8 Å². The number of esters is 1. The minimum absolute atomic E-state index is 0.0118. The van der Waals surface area contributed by atoms with Crippen molar-refractivity contribution in [3.05, 3.63) is 59.2 Å². The molecule has 1 aliphatic rings. The third kappa shape index (κ3) is 4.71. The molecule has 0 bridgehead atoms. The molecule has 2 nitrogen and oxygen atoms in total. The fourth-order valence-corrected chi connectivity index (χ4v) is 5.70. The zero-order valence-electron chi connectivity index (χ0n) is 16.8. The van der Waals surface area contributed by atoms with Gasteiger partial charge in [0.1, 0.15) is 6.61 Å². The maximum Gasteiger partial charge on any atom is 0.310 e. The van der Waals surface area contributed by atoms with Gasteiger partial charge in [-0.25, -0.2) is 0 Å². The molecule has 1 fully saturated rings. The summed E-state index contributed by atoms with van der Waals surface area (Å²) in [4.78, 5) is 12.6. The van der Waals surface area contributed by atoms with E-state index in [9.17, 15) is 4.79 Å². The number of halogens is 4. The molecule has 2 aromatic rings. The Morgan fingerprint density at radius 1 is 1.17 bits per heavy atom. The van der Waals surface area contributed by atoms with Crippen LogP contribution in [0.1, 0.15) is 30.5 Å². The molecule has 1 aliphatic carbocycles. The Morgan fingerprint density at radius 2 is 1.79 bits per heavy atom. The van der Waals surface area contributed by atoms with Crippen molar-refractivity contribution < 1.29 is 9.53 Å². The van der Waals surface area contributed by atoms with Crippen LogP contribution in [-0.2, 0) is 16.1 Å². The molecule has 3 unspecified atom stereocenters. The van der Waals surface area contributed by atoms with Gasteiger partial charge >= 0.3 is 5.97 Å². The van der Waals surface area contributed by atoms with E-state index in [1.807, 2.05) is 39.0 Å². The molecule has 0 heterocycles. The number of hydrogen-bond acceptors (Lipinski definition) is 2. The van der Waals surface area contributed by atoms with Gasteiger partial charge in [-0.15, -0.1) is 0 Å². The van der Waals surface area contributed by atoms with Crippen molar-refractivity contribution in [3.63, 3.8) is 0 Å². The lowest BCUT2D eigenvalue weighted by Crippen LogP contribution is -2.23. The fourth-order valence-electron chi connectivity index (χ4n) is 4.16. The minimum Gasteiger partial charge on any atom is -0.461 e. The molecule has 0 aliphatic heterocycles. The second-order valence-electron chi connectivity index (χ2n) is 8.28. The Balaban J connectivity index is 1.76. The molecule has 0 aromatic heterocycles. The van der Waals surface area contributed by atoms with Crippen LogP contribution in [0.15, 0.2) is 42.5 Å². The number of alkyl halides is 4. The second kappa shape index (κ2) is 8.53. The number of benzene rings is 2. The predicted molar refractivity (Wildman–Crippen MR) is 128 cm³/mol. The Bertz CT molecular complexity index is 907. The largest absolute Gasteiger partial charge is 0.461 e. The standard InChI is InChI=1S/C23H24Br2Cl2O2/c1-13-10-11-16(15-8-6-5-7-9-15)14(2)17(13)12-29-21(28)19-18(22(19,3)4)20(24)23(25,26)27/h5-11,18-20H,12H2,1-4H3. The van der Waals surface area contributed by atoms with Crippen molar-refractivity contribution in [3.8, 4) is 11.1 Å². The van der Waals surface area contributed by atoms with Crippen molar-refractivity contribution in [2.75, 3.05) is 0 Å². The first kappa shape index (κ1) is 23.1. The Kier molecular flexibility index (Phi) is 6.80. The van der Waals surface area contributed by atoms with E-state index in [-0.39, 0.29) is 34.7 Å². The van der Waals surface area contributed by atoms with Crippen molar-refractivity contribution in [1.82, 2.24) is 0 Å². The average molecular weight is 563 g/mol. The minimum atomic E-state index is -1.14. The molecule has 156 valence electrons. The SMILES string of the molecule is Cc1ccc(-c2ccccc2)c(C)c1COC(=O)C1C(C(Br)C(Cl)(Cl)Br)C1(C)C. The van der Waals surface area contributed by atoms with Crippen LogP contribution in [0.2, 0.25) is 0 Å². The molecule has 3 atom stereocenters. The zero-order chi connectivity index (χ0) is 21.6. The number of carbonyl (C=O) groups is 1. The summed E-state index contributed by atoms with van der Waals surface area (Å²) >= 11 is 19.2. The van der Waals surface area contributed by atoms with Crippen LogP contribution in [0, 0.1) is 31.1 Å². The molecule has 1 saturated carbocycles.